The van der Waals surface area contributed by atoms with Crippen molar-refractivity contribution in [2.45, 2.75) is 18.7 Å². The molecule has 0 spiro atoms. The van der Waals surface area contributed by atoms with E-state index in [-0.39, 0.29) is 4.83 Å². The van der Waals surface area contributed by atoms with Crippen LogP contribution in [0.3, 0.4) is 0 Å². The molecule has 0 aromatic heterocycles. The molecule has 0 aromatic rings. The van der Waals surface area contributed by atoms with Crippen LogP contribution in [0, 0.1) is 11.3 Å². The van der Waals surface area contributed by atoms with Crippen molar-refractivity contribution in [3.63, 3.8) is 0 Å². The Morgan fingerprint density at radius 1 is 1.67 bits per heavy atom. The maximum atomic E-state index is 8.51. The number of hydrogen-bond donors (Lipinski definition) is 0. The summed E-state index contributed by atoms with van der Waals surface area (Å²) in [6, 6.07) is 2.05. The summed E-state index contributed by atoms with van der Waals surface area (Å²) < 4.78 is 0. The summed E-state index contributed by atoms with van der Waals surface area (Å²) in [6.45, 7) is 4.11. The summed E-state index contributed by atoms with van der Waals surface area (Å²) in [4.78, 5) is 0.280. The van der Waals surface area contributed by atoms with Gasteiger partial charge in [0.15, 0.2) is 0 Å². The van der Waals surface area contributed by atoms with Crippen molar-refractivity contribution in [1.29, 1.82) is 5.26 Å². The molecule has 62 valence electrons. The highest BCUT2D eigenvalue weighted by molar-refractivity contribution is 9.09. The minimum absolute atomic E-state index is 0.280. The molecule has 0 amide bonds. The summed E-state index contributed by atoms with van der Waals surface area (Å²) >= 11 is 3.52. The first-order valence-electron chi connectivity index (χ1n) is 3.76. The smallest absolute Gasteiger partial charge is 0.0918 e. The lowest BCUT2D eigenvalue weighted by atomic mass is 10.0. The van der Waals surface area contributed by atoms with Crippen molar-refractivity contribution in [2.24, 2.45) is 0 Å². The van der Waals surface area contributed by atoms with Crippen molar-refractivity contribution >= 4 is 15.9 Å². The quantitative estimate of drug-likeness (QED) is 0.458. The number of hydrogen-bond acceptors (Lipinski definition) is 1. The van der Waals surface area contributed by atoms with Gasteiger partial charge in [-0.1, -0.05) is 33.7 Å². The second-order valence-electron chi connectivity index (χ2n) is 2.90. The van der Waals surface area contributed by atoms with Gasteiger partial charge in [0.1, 0.15) is 0 Å². The van der Waals surface area contributed by atoms with Gasteiger partial charge in [-0.05, 0) is 25.0 Å². The molecule has 0 saturated heterocycles. The van der Waals surface area contributed by atoms with E-state index in [2.05, 4.69) is 29.8 Å². The van der Waals surface area contributed by atoms with Crippen LogP contribution in [0.1, 0.15) is 13.8 Å². The van der Waals surface area contributed by atoms with E-state index in [0.29, 0.717) is 0 Å². The Balaban J connectivity index is 3.11. The van der Waals surface area contributed by atoms with Gasteiger partial charge in [0.2, 0.25) is 0 Å². The number of alkyl halides is 1. The number of halogens is 1. The van der Waals surface area contributed by atoms with Crippen molar-refractivity contribution < 1.29 is 0 Å². The van der Waals surface area contributed by atoms with E-state index in [1.54, 1.807) is 6.08 Å². The standard InChI is InChI=1S/C10H10BrN/c1-7(2)10-8(5-6-12)3-4-9(10)11/h3-5,9H,1-2H3. The van der Waals surface area contributed by atoms with Crippen LogP contribution in [-0.2, 0) is 0 Å². The zero-order valence-corrected chi connectivity index (χ0v) is 8.72. The fourth-order valence-electron chi connectivity index (χ4n) is 1.29. The molecular formula is C10H10BrN. The summed E-state index contributed by atoms with van der Waals surface area (Å²) in [6.07, 6.45) is 5.61. The van der Waals surface area contributed by atoms with Crippen LogP contribution in [0.2, 0.25) is 0 Å². The van der Waals surface area contributed by atoms with Gasteiger partial charge in [-0.15, -0.1) is 0 Å². The van der Waals surface area contributed by atoms with Gasteiger partial charge in [-0.2, -0.15) is 5.26 Å². The van der Waals surface area contributed by atoms with Crippen LogP contribution in [0.15, 0.2) is 34.9 Å². The number of nitriles is 1. The van der Waals surface area contributed by atoms with Crippen LogP contribution in [-0.4, -0.2) is 4.83 Å². The van der Waals surface area contributed by atoms with E-state index in [1.165, 1.54) is 11.1 Å². The maximum absolute atomic E-state index is 8.51. The number of allylic oxidation sites excluding steroid dienone is 6. The predicted molar refractivity (Wildman–Crippen MR) is 53.9 cm³/mol. The molecule has 1 rings (SSSR count). The summed E-state index contributed by atoms with van der Waals surface area (Å²) in [7, 11) is 0. The third-order valence-corrected chi connectivity index (χ3v) is 2.55. The molecule has 1 nitrogen and oxygen atoms in total. The molecule has 12 heavy (non-hydrogen) atoms. The Kier molecular flexibility index (Phi) is 2.88. The number of rotatable bonds is 0. The first-order chi connectivity index (χ1) is 5.66. The SMILES string of the molecule is CC(C)=C1C(=CC#N)C=CC1Br. The van der Waals surface area contributed by atoms with E-state index >= 15 is 0 Å². The Morgan fingerprint density at radius 2 is 2.33 bits per heavy atom. The molecule has 1 aliphatic carbocycles. The Labute approximate surface area is 81.2 Å². The van der Waals surface area contributed by atoms with Crippen molar-refractivity contribution in [2.75, 3.05) is 0 Å². The molecule has 1 unspecified atom stereocenters. The fourth-order valence-corrected chi connectivity index (χ4v) is 2.17. The summed E-state index contributed by atoms with van der Waals surface area (Å²) in [5.41, 5.74) is 3.50. The maximum Gasteiger partial charge on any atom is 0.0918 e. The molecule has 2 heteroatoms. The van der Waals surface area contributed by atoms with Gasteiger partial charge in [0.05, 0.1) is 10.9 Å². The Hall–Kier alpha value is -0.810. The van der Waals surface area contributed by atoms with Crippen LogP contribution < -0.4 is 0 Å². The third-order valence-electron chi connectivity index (χ3n) is 1.79. The number of nitrogens with zero attached hydrogens (tertiary/aromatic N) is 1. The molecule has 1 aliphatic rings. The normalized spacial score (nSPS) is 24.7. The van der Waals surface area contributed by atoms with Crippen LogP contribution in [0.4, 0.5) is 0 Å². The highest BCUT2D eigenvalue weighted by Crippen LogP contribution is 2.31. The lowest BCUT2D eigenvalue weighted by Gasteiger charge is -2.06. The van der Waals surface area contributed by atoms with Crippen LogP contribution >= 0.6 is 15.9 Å². The molecule has 0 N–H and O–H groups in total. The van der Waals surface area contributed by atoms with E-state index in [1.807, 2.05) is 18.2 Å². The predicted octanol–water partition coefficient (Wildman–Crippen LogP) is 3.11. The highest BCUT2D eigenvalue weighted by atomic mass is 79.9. The molecule has 0 saturated carbocycles. The molecular weight excluding hydrogens is 214 g/mol. The lowest BCUT2D eigenvalue weighted by Crippen LogP contribution is -1.95. The van der Waals surface area contributed by atoms with Gasteiger partial charge in [-0.3, -0.25) is 0 Å². The summed E-state index contributed by atoms with van der Waals surface area (Å²) in [5.74, 6) is 0. The van der Waals surface area contributed by atoms with Gasteiger partial charge in [0.25, 0.3) is 0 Å². The highest BCUT2D eigenvalue weighted by Gasteiger charge is 2.17. The van der Waals surface area contributed by atoms with Crippen LogP contribution in [0.5, 0.6) is 0 Å². The van der Waals surface area contributed by atoms with E-state index < -0.39 is 0 Å². The van der Waals surface area contributed by atoms with Crippen molar-refractivity contribution in [1.82, 2.24) is 0 Å². The minimum atomic E-state index is 0.280. The molecule has 0 aromatic carbocycles. The fraction of sp³-hybridized carbons (Fsp3) is 0.300. The second kappa shape index (κ2) is 3.73. The Bertz CT molecular complexity index is 311. The zero-order valence-electron chi connectivity index (χ0n) is 7.13. The zero-order chi connectivity index (χ0) is 9.14. The lowest BCUT2D eigenvalue weighted by molar-refractivity contribution is 1.23. The molecule has 0 heterocycles. The minimum Gasteiger partial charge on any atom is -0.193 e. The third kappa shape index (κ3) is 1.67. The van der Waals surface area contributed by atoms with Gasteiger partial charge in [-0.25, -0.2) is 0 Å². The van der Waals surface area contributed by atoms with Gasteiger partial charge >= 0.3 is 0 Å². The molecule has 1 atom stereocenters. The van der Waals surface area contributed by atoms with Crippen molar-refractivity contribution in [3.8, 4) is 6.07 Å². The van der Waals surface area contributed by atoms with Gasteiger partial charge in [0, 0.05) is 6.08 Å². The molecule has 0 aliphatic heterocycles. The van der Waals surface area contributed by atoms with Crippen LogP contribution in [0.25, 0.3) is 0 Å². The topological polar surface area (TPSA) is 23.8 Å². The summed E-state index contributed by atoms with van der Waals surface area (Å²) in [5, 5.41) is 8.51. The average molecular weight is 224 g/mol. The van der Waals surface area contributed by atoms with E-state index in [0.717, 1.165) is 5.57 Å². The van der Waals surface area contributed by atoms with Crippen molar-refractivity contribution in [3.05, 3.63) is 34.9 Å². The average Bonchev–Trinajstić information content (AvgIpc) is 2.32. The van der Waals surface area contributed by atoms with E-state index in [9.17, 15) is 0 Å². The first kappa shape index (κ1) is 9.28. The van der Waals surface area contributed by atoms with Gasteiger partial charge < -0.3 is 0 Å². The first-order valence-corrected chi connectivity index (χ1v) is 4.68. The molecule has 0 radical (unpaired) electrons. The van der Waals surface area contributed by atoms with E-state index in [4.69, 9.17) is 5.26 Å². The molecule has 0 fully saturated rings. The Morgan fingerprint density at radius 3 is 2.83 bits per heavy atom. The monoisotopic (exact) mass is 223 g/mol. The second-order valence-corrected chi connectivity index (χ2v) is 3.89. The molecule has 0 bridgehead atoms. The largest absolute Gasteiger partial charge is 0.193 e.